The van der Waals surface area contributed by atoms with Gasteiger partial charge in [-0.1, -0.05) is 49.0 Å². The number of likely N-dealkylation sites (N-methyl/N-ethyl adjacent to an activating group) is 1. The van der Waals surface area contributed by atoms with E-state index in [4.69, 9.17) is 14.5 Å². The maximum absolute atomic E-state index is 13.4. The summed E-state index contributed by atoms with van der Waals surface area (Å²) in [6.45, 7) is 2.67. The summed E-state index contributed by atoms with van der Waals surface area (Å²) >= 11 is 0. The van der Waals surface area contributed by atoms with Crippen molar-refractivity contribution < 1.29 is 38.6 Å². The average molecular weight is 942 g/mol. The highest BCUT2D eigenvalue weighted by molar-refractivity contribution is 6.06. The molecule has 19 nitrogen and oxygen atoms in total. The minimum Gasteiger partial charge on any atom is -0.495 e. The average Bonchev–Trinajstić information content (AvgIpc) is 4.16. The molecule has 0 spiro atoms. The number of imide groups is 1. The first kappa shape index (κ1) is 47.2. The van der Waals surface area contributed by atoms with Gasteiger partial charge in [0.15, 0.2) is 5.82 Å². The van der Waals surface area contributed by atoms with Gasteiger partial charge in [0.2, 0.25) is 29.6 Å². The van der Waals surface area contributed by atoms with E-state index in [-0.39, 0.29) is 67.4 Å². The van der Waals surface area contributed by atoms with Gasteiger partial charge < -0.3 is 39.5 Å². The quantitative estimate of drug-likeness (QED) is 0.0849. The second-order valence-electron chi connectivity index (χ2n) is 18.3. The lowest BCUT2D eigenvalue weighted by Crippen LogP contribution is -2.55. The lowest BCUT2D eigenvalue weighted by Gasteiger charge is -2.43. The Morgan fingerprint density at radius 1 is 1.01 bits per heavy atom. The topological polar surface area (TPSA) is 218 Å². The second kappa shape index (κ2) is 20.8. The molecule has 4 aromatic rings. The number of hydrogen-bond acceptors (Lipinski definition) is 14. The Labute approximate surface area is 400 Å². The largest absolute Gasteiger partial charge is 0.495 e. The second-order valence-corrected chi connectivity index (χ2v) is 18.3. The summed E-state index contributed by atoms with van der Waals surface area (Å²) < 4.78 is 13.6. The van der Waals surface area contributed by atoms with Crippen molar-refractivity contribution in [2.45, 2.75) is 121 Å². The van der Waals surface area contributed by atoms with Crippen LogP contribution in [0.15, 0.2) is 48.8 Å². The number of carbonyl (C=O) groups is 5. The van der Waals surface area contributed by atoms with Gasteiger partial charge in [0.05, 0.1) is 44.4 Å². The molecular formula is C50H59N11O8. The highest BCUT2D eigenvalue weighted by Gasteiger charge is 2.42. The molecule has 1 saturated heterocycles. The summed E-state index contributed by atoms with van der Waals surface area (Å²) in [5, 5.41) is 24.5. The lowest BCUT2D eigenvalue weighted by atomic mass is 9.90. The van der Waals surface area contributed by atoms with Gasteiger partial charge in [-0.3, -0.25) is 29.3 Å². The van der Waals surface area contributed by atoms with Crippen LogP contribution in [0.1, 0.15) is 112 Å². The van der Waals surface area contributed by atoms with Crippen LogP contribution in [0.5, 0.6) is 5.75 Å². The number of aliphatic hydroxyl groups excluding tert-OH is 1. The van der Waals surface area contributed by atoms with Crippen molar-refractivity contribution in [3.63, 3.8) is 0 Å². The number of aliphatic hydroxyl groups is 1. The number of anilines is 4. The SMILES string of the molecule is CC[C@@H]1C(=O)N(C)c2cnc(Nc3ccc(-c4cn([C@H]5CC[C@@H](N(CCOCCC#Cc6cccc7c6CN(C6CCC(=O)NC6=O)C7=O)C(=O)CO)CC5)nn4)cc3OC)nc2N1C1CCCC1. The van der Waals surface area contributed by atoms with E-state index < -0.39 is 18.6 Å². The molecule has 2 aromatic heterocycles. The number of aromatic nitrogens is 5. The van der Waals surface area contributed by atoms with Gasteiger partial charge in [0, 0.05) is 61.8 Å². The highest BCUT2D eigenvalue weighted by Crippen LogP contribution is 2.41. The highest BCUT2D eigenvalue weighted by atomic mass is 16.5. The van der Waals surface area contributed by atoms with E-state index >= 15 is 0 Å². The number of hydrogen-bond donors (Lipinski definition) is 3. The molecule has 2 atom stereocenters. The van der Waals surface area contributed by atoms with Crippen molar-refractivity contribution in [3.8, 4) is 28.8 Å². The standard InChI is InChI=1S/C50H59N11O8/c1-4-40-49(67)57(2)42-27-51-50(54-46(42)61(40)35-12-5-6-13-35)52-38-20-15-32(26-43(38)68-3)39-29-60(56-55-39)34-18-16-33(17-19-34)58(45(64)30-62)23-25-69-24-8-7-10-31-11-9-14-36-37(31)28-59(48(36)66)41-21-22-44(63)53-47(41)65/h9,11,14-15,20,26-27,29,33-35,40-41,62H,4-6,8,12-13,16-19,21-25,28,30H2,1-3H3,(H,51,52,54)(H,53,63,65)/t33-,34+,40-,41?/m1/s1. The van der Waals surface area contributed by atoms with E-state index in [0.29, 0.717) is 72.3 Å². The molecule has 5 heterocycles. The Kier molecular flexibility index (Phi) is 14.2. The first-order valence-corrected chi connectivity index (χ1v) is 24.1. The Balaban J connectivity index is 0.765. The third-order valence-corrected chi connectivity index (χ3v) is 14.3. The summed E-state index contributed by atoms with van der Waals surface area (Å²) in [7, 11) is 3.40. The van der Waals surface area contributed by atoms with Crippen LogP contribution in [-0.2, 0) is 30.5 Å². The van der Waals surface area contributed by atoms with Gasteiger partial charge in [-0.05, 0) is 81.2 Å². The van der Waals surface area contributed by atoms with Crippen LogP contribution in [-0.4, -0.2) is 134 Å². The number of benzene rings is 2. The first-order valence-electron chi connectivity index (χ1n) is 24.1. The molecule has 69 heavy (non-hydrogen) atoms. The molecular weight excluding hydrogens is 883 g/mol. The Hall–Kier alpha value is -6.91. The molecule has 2 aromatic carbocycles. The molecule has 3 aliphatic heterocycles. The molecule has 0 bridgehead atoms. The van der Waals surface area contributed by atoms with E-state index in [9.17, 15) is 29.1 Å². The van der Waals surface area contributed by atoms with Crippen molar-refractivity contribution >= 4 is 52.7 Å². The normalized spacial score (nSPS) is 21.4. The molecule has 5 aliphatic rings. The van der Waals surface area contributed by atoms with Gasteiger partial charge >= 0.3 is 0 Å². The zero-order chi connectivity index (χ0) is 48.2. The third-order valence-electron chi connectivity index (χ3n) is 14.3. The van der Waals surface area contributed by atoms with E-state index in [2.05, 4.69) is 42.7 Å². The Morgan fingerprint density at radius 2 is 1.83 bits per heavy atom. The maximum Gasteiger partial charge on any atom is 0.255 e. The van der Waals surface area contributed by atoms with Crippen LogP contribution in [0, 0.1) is 11.8 Å². The number of methoxy groups -OCH3 is 1. The third kappa shape index (κ3) is 9.73. The molecule has 3 N–H and O–H groups in total. The van der Waals surface area contributed by atoms with Gasteiger partial charge in [0.1, 0.15) is 35.8 Å². The van der Waals surface area contributed by atoms with Crippen molar-refractivity contribution in [2.24, 2.45) is 0 Å². The van der Waals surface area contributed by atoms with E-state index in [1.807, 2.05) is 42.1 Å². The molecule has 1 unspecified atom stereocenters. The number of carbonyl (C=O) groups excluding carboxylic acids is 5. The van der Waals surface area contributed by atoms with Gasteiger partial charge in [0.25, 0.3) is 5.91 Å². The number of nitrogens with zero attached hydrogens (tertiary/aromatic N) is 9. The summed E-state index contributed by atoms with van der Waals surface area (Å²) in [6, 6.07) is 10.4. The number of amides is 5. The smallest absolute Gasteiger partial charge is 0.255 e. The Morgan fingerprint density at radius 3 is 2.58 bits per heavy atom. The van der Waals surface area contributed by atoms with Gasteiger partial charge in [-0.2, -0.15) is 4.98 Å². The fourth-order valence-corrected chi connectivity index (χ4v) is 10.6. The predicted octanol–water partition coefficient (Wildman–Crippen LogP) is 4.52. The van der Waals surface area contributed by atoms with Crippen LogP contribution in [0.2, 0.25) is 0 Å². The van der Waals surface area contributed by atoms with E-state index in [0.717, 1.165) is 68.3 Å². The molecule has 3 fully saturated rings. The predicted molar refractivity (Wildman–Crippen MR) is 254 cm³/mol. The van der Waals surface area contributed by atoms with Crippen LogP contribution in [0.4, 0.5) is 23.1 Å². The molecule has 362 valence electrons. The van der Waals surface area contributed by atoms with Crippen molar-refractivity contribution in [3.05, 3.63) is 65.5 Å². The number of nitrogens with one attached hydrogen (secondary N) is 2. The number of piperidine rings is 1. The van der Waals surface area contributed by atoms with Crippen LogP contribution in [0.3, 0.4) is 0 Å². The summed E-state index contributed by atoms with van der Waals surface area (Å²) in [5.74, 6) is 6.74. The summed E-state index contributed by atoms with van der Waals surface area (Å²) in [4.78, 5) is 80.3. The van der Waals surface area contributed by atoms with Crippen LogP contribution >= 0.6 is 0 Å². The minimum atomic E-state index is -0.692. The van der Waals surface area contributed by atoms with Gasteiger partial charge in [-0.25, -0.2) is 9.67 Å². The monoisotopic (exact) mass is 941 g/mol. The number of ether oxygens (including phenoxy) is 2. The van der Waals surface area contributed by atoms with Crippen LogP contribution < -0.4 is 25.2 Å². The Bertz CT molecular complexity index is 2670. The molecule has 0 radical (unpaired) electrons. The fourth-order valence-electron chi connectivity index (χ4n) is 10.6. The zero-order valence-electron chi connectivity index (χ0n) is 39.4. The fraction of sp³-hybridized carbons (Fsp3) is 0.500. The molecule has 2 saturated carbocycles. The van der Waals surface area contributed by atoms with Crippen molar-refractivity contribution in [1.82, 2.24) is 40.1 Å². The lowest BCUT2D eigenvalue weighted by molar-refractivity contribution is -0.138. The molecule has 9 rings (SSSR count). The number of rotatable bonds is 15. The molecule has 19 heteroatoms. The maximum atomic E-state index is 13.4. The summed E-state index contributed by atoms with van der Waals surface area (Å²) in [5.41, 5.74) is 4.89. The molecule has 5 amide bonds. The number of fused-ring (bicyclic) bond motifs is 2. The van der Waals surface area contributed by atoms with Crippen molar-refractivity contribution in [1.29, 1.82) is 0 Å². The first-order chi connectivity index (χ1) is 33.6. The zero-order valence-corrected chi connectivity index (χ0v) is 39.4. The van der Waals surface area contributed by atoms with E-state index in [1.165, 1.54) is 4.90 Å². The van der Waals surface area contributed by atoms with E-state index in [1.54, 1.807) is 42.3 Å². The van der Waals surface area contributed by atoms with Crippen LogP contribution in [0.25, 0.3) is 11.3 Å². The molecule has 2 aliphatic carbocycles. The van der Waals surface area contributed by atoms with Gasteiger partial charge in [-0.15, -0.1) is 5.10 Å². The van der Waals surface area contributed by atoms with Crippen molar-refractivity contribution in [2.75, 3.05) is 55.6 Å². The summed E-state index contributed by atoms with van der Waals surface area (Å²) in [6.07, 6.45) is 12.6. The minimum absolute atomic E-state index is 0.0550.